The monoisotopic (exact) mass is 284 g/mol. The molecular formula is C12H13ClN2O4. The Hall–Kier alpha value is -2.08. The molecule has 1 atom stereocenters. The minimum Gasteiger partial charge on any atom is -0.480 e. The molecule has 0 aliphatic carbocycles. The van der Waals surface area contributed by atoms with Gasteiger partial charge in [-0.05, 0) is 30.7 Å². The van der Waals surface area contributed by atoms with E-state index in [1.807, 2.05) is 0 Å². The van der Waals surface area contributed by atoms with Crippen molar-refractivity contribution in [1.29, 1.82) is 0 Å². The second-order valence-electron chi connectivity index (χ2n) is 4.05. The van der Waals surface area contributed by atoms with Crippen molar-refractivity contribution in [3.05, 3.63) is 34.3 Å². The second-order valence-corrected chi connectivity index (χ2v) is 4.49. The molecule has 0 saturated heterocycles. The first-order valence-corrected chi connectivity index (χ1v) is 5.76. The summed E-state index contributed by atoms with van der Waals surface area (Å²) < 4.78 is 0. The lowest BCUT2D eigenvalue weighted by Crippen LogP contribution is -2.43. The first kappa shape index (κ1) is 15.0. The molecule has 0 aliphatic heterocycles. The lowest BCUT2D eigenvalue weighted by atomic mass is 10.1. The van der Waals surface area contributed by atoms with Crippen LogP contribution in [0.25, 0.3) is 0 Å². The minimum atomic E-state index is -1.36. The lowest BCUT2D eigenvalue weighted by molar-refractivity contribution is -0.140. The number of aryl methyl sites for hydroxylation is 1. The van der Waals surface area contributed by atoms with Crippen molar-refractivity contribution < 1.29 is 19.5 Å². The summed E-state index contributed by atoms with van der Waals surface area (Å²) in [5.41, 5.74) is 5.91. The number of amides is 2. The van der Waals surface area contributed by atoms with Gasteiger partial charge < -0.3 is 16.2 Å². The molecule has 0 fully saturated rings. The Bertz CT molecular complexity index is 510. The molecule has 0 aliphatic rings. The number of carboxylic acid groups (broad SMARTS) is 1. The smallest absolute Gasteiger partial charge is 0.326 e. The van der Waals surface area contributed by atoms with E-state index in [1.165, 1.54) is 6.07 Å². The molecule has 19 heavy (non-hydrogen) atoms. The zero-order valence-electron chi connectivity index (χ0n) is 10.1. The van der Waals surface area contributed by atoms with Crippen molar-refractivity contribution in [3.63, 3.8) is 0 Å². The Balaban J connectivity index is 2.87. The minimum absolute atomic E-state index is 0.223. The fourth-order valence-corrected chi connectivity index (χ4v) is 1.80. The summed E-state index contributed by atoms with van der Waals surface area (Å²) in [6, 6.07) is 3.28. The molecule has 1 aromatic carbocycles. The van der Waals surface area contributed by atoms with Crippen molar-refractivity contribution in [2.75, 3.05) is 0 Å². The quantitative estimate of drug-likeness (QED) is 0.739. The molecule has 1 rings (SSSR count). The number of benzene rings is 1. The van der Waals surface area contributed by atoms with E-state index in [1.54, 1.807) is 19.1 Å². The van der Waals surface area contributed by atoms with Gasteiger partial charge in [-0.1, -0.05) is 11.6 Å². The molecule has 0 bridgehead atoms. The van der Waals surface area contributed by atoms with Crippen LogP contribution in [-0.4, -0.2) is 28.9 Å². The Morgan fingerprint density at radius 3 is 2.47 bits per heavy atom. The third-order valence-corrected chi connectivity index (χ3v) is 2.53. The molecule has 0 aromatic heterocycles. The van der Waals surface area contributed by atoms with Gasteiger partial charge in [0.25, 0.3) is 5.91 Å². The highest BCUT2D eigenvalue weighted by atomic mass is 35.5. The molecule has 7 heteroatoms. The SMILES string of the molecule is Cc1cc(Cl)cc(C(=O)N[C@H](CC(N)=O)C(=O)O)c1. The molecule has 4 N–H and O–H groups in total. The fourth-order valence-electron chi connectivity index (χ4n) is 1.51. The standard InChI is InChI=1S/C12H13ClN2O4/c1-6-2-7(4-8(13)3-6)11(17)15-9(12(18)19)5-10(14)16/h2-4,9H,5H2,1H3,(H2,14,16)(H,15,17)(H,18,19)/t9-/m1/s1. The zero-order chi connectivity index (χ0) is 14.6. The molecule has 0 spiro atoms. The van der Waals surface area contributed by atoms with Crippen molar-refractivity contribution in [2.24, 2.45) is 5.73 Å². The topological polar surface area (TPSA) is 109 Å². The van der Waals surface area contributed by atoms with Crippen LogP contribution in [0.1, 0.15) is 22.3 Å². The van der Waals surface area contributed by atoms with Crippen LogP contribution >= 0.6 is 11.6 Å². The first-order chi connectivity index (χ1) is 8.79. The highest BCUT2D eigenvalue weighted by Gasteiger charge is 2.22. The van der Waals surface area contributed by atoms with Gasteiger partial charge in [-0.3, -0.25) is 9.59 Å². The molecule has 0 saturated carbocycles. The maximum absolute atomic E-state index is 11.9. The van der Waals surface area contributed by atoms with E-state index < -0.39 is 30.2 Å². The van der Waals surface area contributed by atoms with Crippen molar-refractivity contribution in [1.82, 2.24) is 5.32 Å². The maximum Gasteiger partial charge on any atom is 0.326 e. The van der Waals surface area contributed by atoms with E-state index in [-0.39, 0.29) is 5.56 Å². The number of carboxylic acids is 1. The number of rotatable bonds is 5. The molecule has 0 unspecified atom stereocenters. The average molecular weight is 285 g/mol. The Morgan fingerprint density at radius 2 is 2.00 bits per heavy atom. The van der Waals surface area contributed by atoms with Gasteiger partial charge in [0.05, 0.1) is 6.42 Å². The van der Waals surface area contributed by atoms with Gasteiger partial charge in [0.1, 0.15) is 6.04 Å². The molecule has 102 valence electrons. The third kappa shape index (κ3) is 4.59. The molecule has 0 radical (unpaired) electrons. The van der Waals surface area contributed by atoms with E-state index in [9.17, 15) is 14.4 Å². The van der Waals surface area contributed by atoms with Crippen LogP contribution in [0, 0.1) is 6.92 Å². The van der Waals surface area contributed by atoms with E-state index in [0.717, 1.165) is 5.56 Å². The Morgan fingerprint density at radius 1 is 1.37 bits per heavy atom. The Labute approximate surface area is 114 Å². The van der Waals surface area contributed by atoms with E-state index >= 15 is 0 Å². The van der Waals surface area contributed by atoms with Crippen molar-refractivity contribution >= 4 is 29.4 Å². The number of carbonyl (C=O) groups is 3. The fraction of sp³-hybridized carbons (Fsp3) is 0.250. The number of aliphatic carboxylic acids is 1. The largest absolute Gasteiger partial charge is 0.480 e. The van der Waals surface area contributed by atoms with E-state index in [2.05, 4.69) is 5.32 Å². The number of hydrogen-bond acceptors (Lipinski definition) is 3. The normalized spacial score (nSPS) is 11.7. The summed E-state index contributed by atoms with van der Waals surface area (Å²) in [5, 5.41) is 11.5. The predicted molar refractivity (Wildman–Crippen MR) is 68.9 cm³/mol. The van der Waals surface area contributed by atoms with Gasteiger partial charge in [0, 0.05) is 10.6 Å². The molecular weight excluding hydrogens is 272 g/mol. The summed E-state index contributed by atoms with van der Waals surface area (Å²) >= 11 is 5.81. The van der Waals surface area contributed by atoms with E-state index in [4.69, 9.17) is 22.4 Å². The molecule has 6 nitrogen and oxygen atoms in total. The van der Waals surface area contributed by atoms with Gasteiger partial charge in [-0.2, -0.15) is 0 Å². The predicted octanol–water partition coefficient (Wildman–Crippen LogP) is 0.707. The first-order valence-electron chi connectivity index (χ1n) is 5.38. The van der Waals surface area contributed by atoms with Gasteiger partial charge >= 0.3 is 5.97 Å². The van der Waals surface area contributed by atoms with Crippen LogP contribution in [0.15, 0.2) is 18.2 Å². The number of halogens is 1. The number of hydrogen-bond donors (Lipinski definition) is 3. The van der Waals surface area contributed by atoms with Gasteiger partial charge in [0.2, 0.25) is 5.91 Å². The molecule has 2 amide bonds. The van der Waals surface area contributed by atoms with Crippen LogP contribution in [0.2, 0.25) is 5.02 Å². The Kier molecular flexibility index (Phi) is 4.88. The molecule has 0 heterocycles. The van der Waals surface area contributed by atoms with Crippen LogP contribution in [0.4, 0.5) is 0 Å². The van der Waals surface area contributed by atoms with Crippen molar-refractivity contribution in [2.45, 2.75) is 19.4 Å². The number of nitrogens with one attached hydrogen (secondary N) is 1. The summed E-state index contributed by atoms with van der Waals surface area (Å²) in [5.74, 6) is -2.76. The third-order valence-electron chi connectivity index (χ3n) is 2.31. The lowest BCUT2D eigenvalue weighted by Gasteiger charge is -2.13. The highest BCUT2D eigenvalue weighted by molar-refractivity contribution is 6.31. The summed E-state index contributed by atoms with van der Waals surface area (Å²) in [6.07, 6.45) is -0.472. The van der Waals surface area contributed by atoms with Gasteiger partial charge in [-0.25, -0.2) is 4.79 Å². The van der Waals surface area contributed by atoms with Gasteiger partial charge in [0.15, 0.2) is 0 Å². The van der Waals surface area contributed by atoms with Crippen LogP contribution in [0.3, 0.4) is 0 Å². The van der Waals surface area contributed by atoms with Crippen LogP contribution in [-0.2, 0) is 9.59 Å². The number of nitrogens with two attached hydrogens (primary N) is 1. The highest BCUT2D eigenvalue weighted by Crippen LogP contribution is 2.14. The van der Waals surface area contributed by atoms with Crippen LogP contribution < -0.4 is 11.1 Å². The van der Waals surface area contributed by atoms with Gasteiger partial charge in [-0.15, -0.1) is 0 Å². The van der Waals surface area contributed by atoms with Crippen LogP contribution in [0.5, 0.6) is 0 Å². The zero-order valence-corrected chi connectivity index (χ0v) is 10.9. The summed E-state index contributed by atoms with van der Waals surface area (Å²) in [7, 11) is 0. The van der Waals surface area contributed by atoms with E-state index in [0.29, 0.717) is 5.02 Å². The average Bonchev–Trinajstić information content (AvgIpc) is 2.25. The summed E-state index contributed by atoms with van der Waals surface area (Å²) in [4.78, 5) is 33.5. The van der Waals surface area contributed by atoms with Crippen molar-refractivity contribution in [3.8, 4) is 0 Å². The maximum atomic E-state index is 11.9. The molecule has 1 aromatic rings. The number of primary amides is 1. The summed E-state index contributed by atoms with van der Waals surface area (Å²) in [6.45, 7) is 1.75. The number of carbonyl (C=O) groups excluding carboxylic acids is 2. The second kappa shape index (κ2) is 6.19.